The number of ketones is 2. The molecule has 0 spiro atoms. The largest absolute Gasteiger partial charge is 0.371 e. The van der Waals surface area contributed by atoms with Crippen LogP contribution in [0, 0.1) is 0 Å². The number of nitrogens with zero attached hydrogens (tertiary/aromatic N) is 1. The van der Waals surface area contributed by atoms with E-state index in [0.717, 1.165) is 64.2 Å². The van der Waals surface area contributed by atoms with Crippen molar-refractivity contribution in [3.63, 3.8) is 0 Å². The Morgan fingerprint density at radius 1 is 0.574 bits per heavy atom. The van der Waals surface area contributed by atoms with Crippen LogP contribution < -0.4 is 0 Å². The van der Waals surface area contributed by atoms with Crippen molar-refractivity contribution in [1.29, 1.82) is 0 Å². The zero-order valence-corrected chi connectivity index (χ0v) is 32.4. The first-order valence-electron chi connectivity index (χ1n) is 19.6. The minimum atomic E-state index is -5.35. The highest BCUT2D eigenvalue weighted by Gasteiger charge is 2.64. The van der Waals surface area contributed by atoms with Gasteiger partial charge < -0.3 is 19.4 Å². The normalized spacial score (nSPS) is 14.5. The molecule has 0 heterocycles. The van der Waals surface area contributed by atoms with E-state index in [4.69, 9.17) is 0 Å². The molecule has 278 valence electrons. The van der Waals surface area contributed by atoms with Crippen molar-refractivity contribution in [1.82, 2.24) is 0 Å². The quantitative estimate of drug-likeness (QED) is 0.0269. The van der Waals surface area contributed by atoms with E-state index in [1.54, 1.807) is 21.1 Å². The van der Waals surface area contributed by atoms with Gasteiger partial charge in [-0.1, -0.05) is 154 Å². The van der Waals surface area contributed by atoms with Crippen LogP contribution in [-0.2, 0) is 14.2 Å². The Kier molecular flexibility index (Phi) is 27.4. The Morgan fingerprint density at radius 3 is 1.23 bits per heavy atom. The van der Waals surface area contributed by atoms with Crippen molar-refractivity contribution in [2.24, 2.45) is 0 Å². The molecule has 0 radical (unpaired) electrons. The third-order valence-electron chi connectivity index (χ3n) is 9.51. The van der Waals surface area contributed by atoms with E-state index in [1.165, 1.54) is 89.9 Å². The maximum atomic E-state index is 13.4. The van der Waals surface area contributed by atoms with Crippen LogP contribution >= 0.6 is 7.60 Å². The number of hydrogen-bond donors (Lipinski definition) is 3. The molecular weight excluding hydrogens is 609 g/mol. The number of unbranched alkanes of at least 4 members (excludes halogenated alkanes) is 23. The molecule has 0 aromatic carbocycles. The Bertz CT molecular complexity index is 864. The fourth-order valence-electron chi connectivity index (χ4n) is 6.66. The average molecular weight is 687 g/mol. The van der Waals surface area contributed by atoms with Gasteiger partial charge in [-0.05, 0) is 38.5 Å². The summed E-state index contributed by atoms with van der Waals surface area (Å²) in [5.41, 5.74) is 0. The SMILES string of the molecule is CCCCCCCC/C=C\CCCCCCCC(=O)C(C(O)(C(=O)CCCCCCCCCCCCCCC)P(=O)(O)O)[N+](C)(C)C. The van der Waals surface area contributed by atoms with E-state index in [0.29, 0.717) is 12.8 Å². The number of likely N-dealkylation sites (N-methyl/N-ethyl adjacent to an activating group) is 1. The lowest BCUT2D eigenvalue weighted by atomic mass is 9.92. The van der Waals surface area contributed by atoms with E-state index >= 15 is 0 Å². The molecule has 0 saturated carbocycles. The van der Waals surface area contributed by atoms with Gasteiger partial charge in [0.1, 0.15) is 0 Å². The predicted octanol–water partition coefficient (Wildman–Crippen LogP) is 10.6. The molecule has 0 bridgehead atoms. The number of quaternary nitrogens is 1. The molecule has 0 aliphatic rings. The second kappa shape index (κ2) is 27.9. The molecule has 0 aromatic heterocycles. The molecule has 2 unspecified atom stereocenters. The first-order valence-corrected chi connectivity index (χ1v) is 21.2. The van der Waals surface area contributed by atoms with E-state index in [9.17, 15) is 29.0 Å². The molecule has 0 rings (SSSR count). The number of allylic oxidation sites excluding steroid dienone is 2. The smallest absolute Gasteiger partial charge is 0.366 e. The summed E-state index contributed by atoms with van der Waals surface area (Å²) in [6.07, 6.45) is 34.0. The summed E-state index contributed by atoms with van der Waals surface area (Å²) in [4.78, 5) is 47.3. The van der Waals surface area contributed by atoms with Crippen molar-refractivity contribution in [2.45, 2.75) is 205 Å². The number of carbonyl (C=O) groups excluding carboxylic acids is 2. The minimum Gasteiger partial charge on any atom is -0.366 e. The van der Waals surface area contributed by atoms with Gasteiger partial charge in [0.15, 0.2) is 17.6 Å². The van der Waals surface area contributed by atoms with Crippen LogP contribution in [0.2, 0.25) is 0 Å². The van der Waals surface area contributed by atoms with E-state index in [-0.39, 0.29) is 17.3 Å². The Hall–Kier alpha value is -0.850. The number of hydrogen-bond acceptors (Lipinski definition) is 4. The summed E-state index contributed by atoms with van der Waals surface area (Å²) < 4.78 is 12.5. The fourth-order valence-corrected chi connectivity index (χ4v) is 7.91. The van der Waals surface area contributed by atoms with Crippen LogP contribution in [0.15, 0.2) is 12.2 Å². The average Bonchev–Trinajstić information content (AvgIpc) is 3.00. The van der Waals surface area contributed by atoms with Crippen molar-refractivity contribution < 1.29 is 33.5 Å². The van der Waals surface area contributed by atoms with Crippen molar-refractivity contribution in [3.05, 3.63) is 12.2 Å². The van der Waals surface area contributed by atoms with Crippen LogP contribution in [0.1, 0.15) is 194 Å². The van der Waals surface area contributed by atoms with Crippen molar-refractivity contribution >= 4 is 19.2 Å². The number of aliphatic hydroxyl groups is 1. The zero-order valence-electron chi connectivity index (χ0n) is 31.5. The molecular formula is C39H77NO6P+. The van der Waals surface area contributed by atoms with E-state index in [2.05, 4.69) is 26.0 Å². The van der Waals surface area contributed by atoms with Crippen LogP contribution in [0.5, 0.6) is 0 Å². The number of carbonyl (C=O) groups is 2. The molecule has 0 saturated heterocycles. The van der Waals surface area contributed by atoms with E-state index in [1.807, 2.05) is 0 Å². The lowest BCUT2D eigenvalue weighted by Crippen LogP contribution is -2.65. The maximum Gasteiger partial charge on any atom is 0.371 e. The van der Waals surface area contributed by atoms with Crippen molar-refractivity contribution in [3.8, 4) is 0 Å². The monoisotopic (exact) mass is 687 g/mol. The molecule has 7 nitrogen and oxygen atoms in total. The summed E-state index contributed by atoms with van der Waals surface area (Å²) in [5, 5.41) is 8.43. The first-order chi connectivity index (χ1) is 22.3. The molecule has 0 aliphatic heterocycles. The van der Waals surface area contributed by atoms with Crippen LogP contribution in [0.4, 0.5) is 0 Å². The fraction of sp³-hybridized carbons (Fsp3) is 0.897. The Balaban J connectivity index is 4.57. The summed E-state index contributed by atoms with van der Waals surface area (Å²) in [5.74, 6) is -1.37. The molecule has 0 aliphatic carbocycles. The summed E-state index contributed by atoms with van der Waals surface area (Å²) >= 11 is 0. The second-order valence-corrected chi connectivity index (χ2v) is 16.8. The zero-order chi connectivity index (χ0) is 35.4. The molecule has 0 fully saturated rings. The highest BCUT2D eigenvalue weighted by Crippen LogP contribution is 2.54. The Labute approximate surface area is 290 Å². The first kappa shape index (κ1) is 46.1. The number of Topliss-reactive ketones (excluding diaryl/α,β-unsaturated/α-hetero) is 2. The standard InChI is InChI=1S/C39H76NO6P/c1-6-8-10-12-14-16-18-20-21-23-24-26-28-30-32-34-36(41)38(40(3,4)5)39(43,47(44,45)46)37(42)35-33-31-29-27-25-22-19-17-15-13-11-9-7-2/h20-21,38,43H,6-19,22-35H2,1-5H3,(H-,44,45,46)/p+1/b21-20-. The molecule has 0 aromatic rings. The van der Waals surface area contributed by atoms with Gasteiger partial charge in [-0.3, -0.25) is 14.2 Å². The Morgan fingerprint density at radius 2 is 0.894 bits per heavy atom. The van der Waals surface area contributed by atoms with Gasteiger partial charge >= 0.3 is 7.60 Å². The molecule has 0 amide bonds. The van der Waals surface area contributed by atoms with Gasteiger partial charge in [-0.15, -0.1) is 0 Å². The van der Waals surface area contributed by atoms with Crippen LogP contribution in [-0.4, -0.2) is 63.5 Å². The predicted molar refractivity (Wildman–Crippen MR) is 199 cm³/mol. The second-order valence-electron chi connectivity index (χ2n) is 15.0. The lowest BCUT2D eigenvalue weighted by Gasteiger charge is -2.42. The van der Waals surface area contributed by atoms with E-state index < -0.39 is 30.5 Å². The lowest BCUT2D eigenvalue weighted by molar-refractivity contribution is -0.890. The van der Waals surface area contributed by atoms with Crippen molar-refractivity contribution in [2.75, 3.05) is 21.1 Å². The summed E-state index contributed by atoms with van der Waals surface area (Å²) in [6, 6.07) is -1.52. The maximum absolute atomic E-state index is 13.4. The highest BCUT2D eigenvalue weighted by molar-refractivity contribution is 7.54. The molecule has 47 heavy (non-hydrogen) atoms. The molecule has 2 atom stereocenters. The van der Waals surface area contributed by atoms with Gasteiger partial charge in [0.25, 0.3) is 5.34 Å². The highest BCUT2D eigenvalue weighted by atomic mass is 31.2. The summed E-state index contributed by atoms with van der Waals surface area (Å²) in [6.45, 7) is 4.48. The van der Waals surface area contributed by atoms with Crippen LogP contribution in [0.3, 0.4) is 0 Å². The summed E-state index contributed by atoms with van der Waals surface area (Å²) in [7, 11) is -0.510. The van der Waals surface area contributed by atoms with Crippen LogP contribution in [0.25, 0.3) is 0 Å². The van der Waals surface area contributed by atoms with Gasteiger partial charge in [0.05, 0.1) is 21.1 Å². The third-order valence-corrected chi connectivity index (χ3v) is 10.9. The molecule has 3 N–H and O–H groups in total. The number of rotatable bonds is 34. The van der Waals surface area contributed by atoms with Gasteiger partial charge in [-0.2, -0.15) is 0 Å². The van der Waals surface area contributed by atoms with Gasteiger partial charge in [0, 0.05) is 12.8 Å². The third kappa shape index (κ3) is 21.8. The minimum absolute atomic E-state index is 0.0900. The molecule has 8 heteroatoms. The van der Waals surface area contributed by atoms with Gasteiger partial charge in [0.2, 0.25) is 0 Å². The topological polar surface area (TPSA) is 112 Å². The van der Waals surface area contributed by atoms with Gasteiger partial charge in [-0.25, -0.2) is 0 Å².